The number of hydrogen-bond acceptors (Lipinski definition) is 8. The third-order valence-corrected chi connectivity index (χ3v) is 5.60. The van der Waals surface area contributed by atoms with Crippen LogP contribution >= 0.6 is 0 Å². The van der Waals surface area contributed by atoms with E-state index in [-0.39, 0.29) is 25.1 Å². The number of aliphatic hydroxyl groups is 1. The number of carbonyl (C=O) groups is 1. The third-order valence-electron chi connectivity index (χ3n) is 5.60. The maximum absolute atomic E-state index is 13.5. The quantitative estimate of drug-likeness (QED) is 0.602. The highest BCUT2D eigenvalue weighted by Crippen LogP contribution is 2.52. The monoisotopic (exact) mass is 432 g/mol. The molecule has 0 spiro atoms. The van der Waals surface area contributed by atoms with Crippen LogP contribution in [0.15, 0.2) is 18.2 Å². The molecule has 1 aliphatic heterocycles. The van der Waals surface area contributed by atoms with Crippen molar-refractivity contribution in [2.75, 3.05) is 41.8 Å². The van der Waals surface area contributed by atoms with E-state index in [0.29, 0.717) is 51.2 Å². The first-order chi connectivity index (χ1) is 14.9. The van der Waals surface area contributed by atoms with E-state index in [0.717, 1.165) is 0 Å². The summed E-state index contributed by atoms with van der Waals surface area (Å²) < 4.78 is 33.2. The molecule has 0 aliphatic carbocycles. The molecule has 0 saturated heterocycles. The largest absolute Gasteiger partial charge is 0.493 e. The molecule has 168 valence electrons. The minimum absolute atomic E-state index is 0.0284. The lowest BCUT2D eigenvalue weighted by Crippen LogP contribution is -2.22. The van der Waals surface area contributed by atoms with Crippen LogP contribution in [0.2, 0.25) is 0 Å². The highest BCUT2D eigenvalue weighted by atomic mass is 16.7. The first kappa shape index (κ1) is 22.6. The Kier molecular flexibility index (Phi) is 6.80. The van der Waals surface area contributed by atoms with Gasteiger partial charge in [0.25, 0.3) is 0 Å². The highest BCUT2D eigenvalue weighted by Gasteiger charge is 2.32. The van der Waals surface area contributed by atoms with Crippen LogP contribution in [-0.4, -0.2) is 52.7 Å². The van der Waals surface area contributed by atoms with Crippen molar-refractivity contribution < 1.29 is 38.3 Å². The molecule has 3 rings (SSSR count). The topological polar surface area (TPSA) is 92.7 Å². The predicted octanol–water partition coefficient (Wildman–Crippen LogP) is 3.56. The maximum atomic E-state index is 13.5. The molecule has 0 amide bonds. The minimum Gasteiger partial charge on any atom is -0.493 e. The average Bonchev–Trinajstić information content (AvgIpc) is 3.28. The van der Waals surface area contributed by atoms with Gasteiger partial charge in [-0.1, -0.05) is 13.8 Å². The van der Waals surface area contributed by atoms with Gasteiger partial charge in [-0.2, -0.15) is 0 Å². The number of ether oxygens (including phenoxy) is 6. The number of fused-ring (bicyclic) bond motifs is 1. The summed E-state index contributed by atoms with van der Waals surface area (Å²) in [6, 6.07) is 5.16. The Morgan fingerprint density at radius 2 is 1.58 bits per heavy atom. The summed E-state index contributed by atoms with van der Waals surface area (Å²) >= 11 is 0. The zero-order valence-corrected chi connectivity index (χ0v) is 18.6. The number of ketones is 1. The molecule has 1 heterocycles. The molecule has 2 aromatic rings. The van der Waals surface area contributed by atoms with Crippen molar-refractivity contribution >= 4 is 5.78 Å². The number of rotatable bonds is 9. The maximum Gasteiger partial charge on any atom is 0.231 e. The molecule has 2 atom stereocenters. The summed E-state index contributed by atoms with van der Waals surface area (Å²) in [5.41, 5.74) is 1.54. The van der Waals surface area contributed by atoms with Gasteiger partial charge in [0.15, 0.2) is 28.8 Å². The molecule has 31 heavy (non-hydrogen) atoms. The van der Waals surface area contributed by atoms with Crippen LogP contribution in [0.3, 0.4) is 0 Å². The lowest BCUT2D eigenvalue weighted by atomic mass is 9.85. The van der Waals surface area contributed by atoms with Gasteiger partial charge in [-0.3, -0.25) is 4.79 Å². The second-order valence-corrected chi connectivity index (χ2v) is 7.29. The normalized spacial score (nSPS) is 14.0. The van der Waals surface area contributed by atoms with Crippen LogP contribution in [0.5, 0.6) is 34.5 Å². The second-order valence-electron chi connectivity index (χ2n) is 7.29. The average molecular weight is 432 g/mol. The van der Waals surface area contributed by atoms with Crippen molar-refractivity contribution in [1.82, 2.24) is 0 Å². The third kappa shape index (κ3) is 3.95. The van der Waals surface area contributed by atoms with Crippen molar-refractivity contribution in [2.45, 2.75) is 13.8 Å². The van der Waals surface area contributed by atoms with Gasteiger partial charge in [0, 0.05) is 23.7 Å². The van der Waals surface area contributed by atoms with Crippen LogP contribution in [0, 0.1) is 11.8 Å². The van der Waals surface area contributed by atoms with Crippen molar-refractivity contribution in [3.8, 4) is 45.6 Å². The second kappa shape index (κ2) is 9.34. The zero-order chi connectivity index (χ0) is 22.7. The molecule has 0 fully saturated rings. The van der Waals surface area contributed by atoms with Crippen molar-refractivity contribution in [2.24, 2.45) is 11.8 Å². The van der Waals surface area contributed by atoms with Crippen LogP contribution in [0.1, 0.15) is 24.2 Å². The molecule has 1 aliphatic rings. The molecule has 0 radical (unpaired) electrons. The molecular weight excluding hydrogens is 404 g/mol. The Balaban J connectivity index is 2.32. The van der Waals surface area contributed by atoms with E-state index in [9.17, 15) is 9.90 Å². The van der Waals surface area contributed by atoms with E-state index in [1.807, 2.05) is 6.92 Å². The fourth-order valence-corrected chi connectivity index (χ4v) is 3.58. The summed E-state index contributed by atoms with van der Waals surface area (Å²) in [5, 5.41) is 9.57. The molecule has 0 unspecified atom stereocenters. The van der Waals surface area contributed by atoms with E-state index in [1.54, 1.807) is 25.1 Å². The van der Waals surface area contributed by atoms with Gasteiger partial charge in [-0.05, 0) is 29.7 Å². The summed E-state index contributed by atoms with van der Waals surface area (Å²) in [6.07, 6.45) is 0. The Hall–Kier alpha value is -3.13. The molecule has 0 saturated carbocycles. The van der Waals surface area contributed by atoms with Gasteiger partial charge in [-0.15, -0.1) is 0 Å². The molecule has 0 aromatic heterocycles. The molecule has 2 aromatic carbocycles. The van der Waals surface area contributed by atoms with Crippen LogP contribution in [0.4, 0.5) is 0 Å². The first-order valence-electron chi connectivity index (χ1n) is 9.87. The highest BCUT2D eigenvalue weighted by molar-refractivity contribution is 6.06. The molecular formula is C23H28O8. The fourth-order valence-electron chi connectivity index (χ4n) is 3.58. The van der Waals surface area contributed by atoms with Gasteiger partial charge in [0.1, 0.15) is 0 Å². The minimum atomic E-state index is -0.434. The number of hydrogen-bond donors (Lipinski definition) is 1. The number of benzene rings is 2. The van der Waals surface area contributed by atoms with E-state index < -0.39 is 5.92 Å². The van der Waals surface area contributed by atoms with Crippen LogP contribution < -0.4 is 28.4 Å². The first-order valence-corrected chi connectivity index (χ1v) is 9.87. The van der Waals surface area contributed by atoms with Gasteiger partial charge >= 0.3 is 0 Å². The van der Waals surface area contributed by atoms with E-state index >= 15 is 0 Å². The molecule has 0 bridgehead atoms. The van der Waals surface area contributed by atoms with Gasteiger partial charge in [-0.25, -0.2) is 0 Å². The number of carbonyl (C=O) groups excluding carboxylic acids is 1. The van der Waals surface area contributed by atoms with E-state index in [2.05, 4.69) is 0 Å². The SMILES string of the molecule is COc1cc(-c2c(C(=O)[C@@H](C)[C@H](C)CO)cc3c(c2OC)OCO3)cc(OC)c1OC. The van der Waals surface area contributed by atoms with Crippen LogP contribution in [-0.2, 0) is 0 Å². The van der Waals surface area contributed by atoms with Crippen LogP contribution in [0.25, 0.3) is 11.1 Å². The summed E-state index contributed by atoms with van der Waals surface area (Å²) in [6.45, 7) is 3.54. The standard InChI is InChI=1S/C23H28O8/c1-12(10-24)13(2)20(25)15-9-18-22(31-11-30-18)23(29-6)19(15)14-7-16(26-3)21(28-5)17(8-14)27-4/h7-9,12-13,24H,10-11H2,1-6H3/t12-,13+/m1/s1. The van der Waals surface area contributed by atoms with Gasteiger partial charge < -0.3 is 33.5 Å². The summed E-state index contributed by atoms with van der Waals surface area (Å²) in [4.78, 5) is 13.5. The smallest absolute Gasteiger partial charge is 0.231 e. The van der Waals surface area contributed by atoms with E-state index in [4.69, 9.17) is 28.4 Å². The van der Waals surface area contributed by atoms with Crippen molar-refractivity contribution in [3.63, 3.8) is 0 Å². The molecule has 1 N–H and O–H groups in total. The fraction of sp³-hybridized carbons (Fsp3) is 0.435. The summed E-state index contributed by atoms with van der Waals surface area (Å²) in [5.74, 6) is 1.72. The zero-order valence-electron chi connectivity index (χ0n) is 18.6. The lowest BCUT2D eigenvalue weighted by Gasteiger charge is -2.22. The molecule has 8 heteroatoms. The number of aliphatic hydroxyl groups excluding tert-OH is 1. The number of methoxy groups -OCH3 is 4. The number of Topliss-reactive ketones (excluding diaryl/α,β-unsaturated/α-hetero) is 1. The Labute approximate surface area is 181 Å². The lowest BCUT2D eigenvalue weighted by molar-refractivity contribution is 0.0852. The van der Waals surface area contributed by atoms with Gasteiger partial charge in [0.2, 0.25) is 18.3 Å². The predicted molar refractivity (Wildman–Crippen MR) is 114 cm³/mol. The van der Waals surface area contributed by atoms with Gasteiger partial charge in [0.05, 0.1) is 28.4 Å². The Morgan fingerprint density at radius 3 is 2.10 bits per heavy atom. The molecule has 8 nitrogen and oxygen atoms in total. The summed E-state index contributed by atoms with van der Waals surface area (Å²) in [7, 11) is 6.07. The Morgan fingerprint density at radius 1 is 0.968 bits per heavy atom. The van der Waals surface area contributed by atoms with Crippen molar-refractivity contribution in [3.05, 3.63) is 23.8 Å². The van der Waals surface area contributed by atoms with Crippen molar-refractivity contribution in [1.29, 1.82) is 0 Å². The van der Waals surface area contributed by atoms with E-state index in [1.165, 1.54) is 28.4 Å². The Bertz CT molecular complexity index is 944.